The van der Waals surface area contributed by atoms with Crippen molar-refractivity contribution >= 4 is 40.3 Å². The smallest absolute Gasteiger partial charge is 0.432 e. The highest BCUT2D eigenvalue weighted by molar-refractivity contribution is 6.03. The molecule has 0 atom stereocenters. The van der Waals surface area contributed by atoms with Gasteiger partial charge in [-0.3, -0.25) is 14.3 Å². The number of halogens is 3. The first kappa shape index (κ1) is 26.9. The fourth-order valence-corrected chi connectivity index (χ4v) is 4.89. The second kappa shape index (κ2) is 10.5. The molecule has 1 fully saturated rings. The molecule has 3 N–H and O–H groups in total. The summed E-state index contributed by atoms with van der Waals surface area (Å²) in [4.78, 5) is 36.9. The van der Waals surface area contributed by atoms with Crippen molar-refractivity contribution in [1.29, 1.82) is 0 Å². The molecule has 2 amide bonds. The van der Waals surface area contributed by atoms with Gasteiger partial charge in [0.2, 0.25) is 11.8 Å². The first-order chi connectivity index (χ1) is 19.0. The van der Waals surface area contributed by atoms with Crippen LogP contribution >= 0.6 is 0 Å². The van der Waals surface area contributed by atoms with Gasteiger partial charge in [0.05, 0.1) is 17.3 Å². The van der Waals surface area contributed by atoms with Crippen LogP contribution in [0.25, 0.3) is 22.0 Å². The zero-order chi connectivity index (χ0) is 28.6. The Morgan fingerprint density at radius 3 is 2.50 bits per heavy atom. The van der Waals surface area contributed by atoms with Gasteiger partial charge in [0.15, 0.2) is 5.82 Å². The standard InChI is InChI=1S/C27H25F3N6O4/c1-15-6-8-19(11-21(15)27(28,29)30)32-23(37)14-35-13-18(12-31-35)17-7-9-20-22(10-17)36(26(39)40)34-24(20)33-25(38)16-4-2-3-5-16/h6-13,16H,2-5,14H2,1H3,(H,32,37)(H,39,40)(H,33,34,38). The van der Waals surface area contributed by atoms with E-state index < -0.39 is 23.7 Å². The minimum Gasteiger partial charge on any atom is -0.463 e. The number of nitrogens with zero attached hydrogens (tertiary/aromatic N) is 4. The summed E-state index contributed by atoms with van der Waals surface area (Å²) >= 11 is 0. The average Bonchev–Trinajstić information content (AvgIpc) is 3.65. The van der Waals surface area contributed by atoms with E-state index in [1.165, 1.54) is 29.9 Å². The normalized spacial score (nSPS) is 14.0. The monoisotopic (exact) mass is 554 g/mol. The second-order valence-electron chi connectivity index (χ2n) is 9.75. The molecular weight excluding hydrogens is 529 g/mol. The van der Waals surface area contributed by atoms with Crippen LogP contribution < -0.4 is 10.6 Å². The van der Waals surface area contributed by atoms with Gasteiger partial charge in [-0.2, -0.15) is 23.0 Å². The Morgan fingerprint density at radius 1 is 1.05 bits per heavy atom. The Labute approximate surface area is 225 Å². The van der Waals surface area contributed by atoms with Crippen LogP contribution in [0.5, 0.6) is 0 Å². The highest BCUT2D eigenvalue weighted by atomic mass is 19.4. The zero-order valence-corrected chi connectivity index (χ0v) is 21.3. The predicted octanol–water partition coefficient (Wildman–Crippen LogP) is 5.52. The summed E-state index contributed by atoms with van der Waals surface area (Å²) in [7, 11) is 0. The third-order valence-electron chi connectivity index (χ3n) is 6.93. The predicted molar refractivity (Wildman–Crippen MR) is 140 cm³/mol. The van der Waals surface area contributed by atoms with E-state index in [9.17, 15) is 32.7 Å². The summed E-state index contributed by atoms with van der Waals surface area (Å²) in [5.74, 6) is -0.713. The summed E-state index contributed by atoms with van der Waals surface area (Å²) in [5.41, 5.74) is 0.647. The van der Waals surface area contributed by atoms with Crippen molar-refractivity contribution in [3.63, 3.8) is 0 Å². The van der Waals surface area contributed by atoms with Gasteiger partial charge in [0, 0.05) is 28.8 Å². The van der Waals surface area contributed by atoms with E-state index in [0.29, 0.717) is 16.5 Å². The number of benzene rings is 2. The zero-order valence-electron chi connectivity index (χ0n) is 21.3. The fourth-order valence-electron chi connectivity index (χ4n) is 4.89. The van der Waals surface area contributed by atoms with E-state index in [4.69, 9.17) is 0 Å². The molecule has 5 rings (SSSR count). The number of amides is 2. The molecule has 208 valence electrons. The molecule has 2 aromatic heterocycles. The van der Waals surface area contributed by atoms with Gasteiger partial charge in [-0.25, -0.2) is 4.79 Å². The van der Waals surface area contributed by atoms with Gasteiger partial charge in [-0.05, 0) is 55.2 Å². The summed E-state index contributed by atoms with van der Waals surface area (Å²) in [5, 5.41) is 23.6. The number of aryl methyl sites for hydroxylation is 1. The third kappa shape index (κ3) is 5.53. The molecule has 0 saturated heterocycles. The molecule has 13 heteroatoms. The first-order valence-corrected chi connectivity index (χ1v) is 12.6. The molecule has 1 saturated carbocycles. The van der Waals surface area contributed by atoms with Crippen LogP contribution in [0.2, 0.25) is 0 Å². The molecule has 1 aliphatic carbocycles. The lowest BCUT2D eigenvalue weighted by Crippen LogP contribution is -2.21. The average molecular weight is 555 g/mol. The van der Waals surface area contributed by atoms with Crippen molar-refractivity contribution in [3.8, 4) is 11.1 Å². The van der Waals surface area contributed by atoms with Gasteiger partial charge in [-0.1, -0.05) is 25.0 Å². The number of aromatic nitrogens is 4. The summed E-state index contributed by atoms with van der Waals surface area (Å²) < 4.78 is 41.6. The number of carbonyl (C=O) groups excluding carboxylic acids is 2. The number of fused-ring (bicyclic) bond motifs is 1. The van der Waals surface area contributed by atoms with E-state index in [-0.39, 0.29) is 41.0 Å². The maximum atomic E-state index is 13.2. The summed E-state index contributed by atoms with van der Waals surface area (Å²) in [6.45, 7) is 1.08. The Balaban J connectivity index is 1.33. The fraction of sp³-hybridized carbons (Fsp3) is 0.296. The molecule has 40 heavy (non-hydrogen) atoms. The molecule has 1 aliphatic rings. The van der Waals surface area contributed by atoms with Crippen LogP contribution in [0.15, 0.2) is 48.8 Å². The van der Waals surface area contributed by atoms with Gasteiger partial charge in [0.25, 0.3) is 0 Å². The van der Waals surface area contributed by atoms with Crippen LogP contribution in [0.4, 0.5) is 29.5 Å². The second-order valence-corrected chi connectivity index (χ2v) is 9.75. The number of rotatable bonds is 6. The molecule has 10 nitrogen and oxygen atoms in total. The summed E-state index contributed by atoms with van der Waals surface area (Å²) in [6, 6.07) is 8.52. The molecule has 0 radical (unpaired) electrons. The minimum absolute atomic E-state index is 0.0125. The highest BCUT2D eigenvalue weighted by Crippen LogP contribution is 2.34. The van der Waals surface area contributed by atoms with Crippen molar-refractivity contribution in [3.05, 3.63) is 59.9 Å². The van der Waals surface area contributed by atoms with Crippen molar-refractivity contribution in [1.82, 2.24) is 19.6 Å². The van der Waals surface area contributed by atoms with E-state index in [2.05, 4.69) is 20.8 Å². The SMILES string of the molecule is Cc1ccc(NC(=O)Cn2cc(-c3ccc4c(NC(=O)C5CCCC5)nn(C(=O)O)c4c3)cn2)cc1C(F)(F)F. The summed E-state index contributed by atoms with van der Waals surface area (Å²) in [6.07, 6.45) is 0.706. The minimum atomic E-state index is -4.54. The van der Waals surface area contributed by atoms with E-state index in [1.807, 2.05) is 0 Å². The molecule has 4 aromatic rings. The quantitative estimate of drug-likeness (QED) is 0.288. The van der Waals surface area contributed by atoms with Crippen molar-refractivity contribution in [2.24, 2.45) is 5.92 Å². The van der Waals surface area contributed by atoms with Crippen LogP contribution in [-0.4, -0.2) is 42.6 Å². The number of carboxylic acid groups (broad SMARTS) is 1. The largest absolute Gasteiger partial charge is 0.463 e. The Hall–Kier alpha value is -4.68. The molecule has 0 bridgehead atoms. The van der Waals surface area contributed by atoms with Gasteiger partial charge in [-0.15, -0.1) is 5.10 Å². The molecule has 2 aromatic carbocycles. The molecule has 0 unspecified atom stereocenters. The lowest BCUT2D eigenvalue weighted by Gasteiger charge is -2.12. The van der Waals surface area contributed by atoms with Crippen LogP contribution in [-0.2, 0) is 22.3 Å². The van der Waals surface area contributed by atoms with Gasteiger partial charge in [0.1, 0.15) is 6.54 Å². The number of carbonyl (C=O) groups is 3. The maximum Gasteiger partial charge on any atom is 0.432 e. The molecular formula is C27H25F3N6O4. The van der Waals surface area contributed by atoms with Crippen molar-refractivity contribution in [2.75, 3.05) is 10.6 Å². The lowest BCUT2D eigenvalue weighted by molar-refractivity contribution is -0.138. The Bertz CT molecular complexity index is 1620. The molecule has 0 aliphatic heterocycles. The molecule has 2 heterocycles. The van der Waals surface area contributed by atoms with Crippen LogP contribution in [0, 0.1) is 12.8 Å². The number of anilines is 2. The van der Waals surface area contributed by atoms with E-state index in [1.54, 1.807) is 24.4 Å². The highest BCUT2D eigenvalue weighted by Gasteiger charge is 2.32. The van der Waals surface area contributed by atoms with Crippen LogP contribution in [0.1, 0.15) is 36.8 Å². The number of nitrogens with one attached hydrogen (secondary N) is 2. The van der Waals surface area contributed by atoms with Crippen molar-refractivity contribution in [2.45, 2.75) is 45.3 Å². The molecule has 0 spiro atoms. The maximum absolute atomic E-state index is 13.2. The van der Waals surface area contributed by atoms with Gasteiger partial charge < -0.3 is 15.7 Å². The van der Waals surface area contributed by atoms with Crippen LogP contribution in [0.3, 0.4) is 0 Å². The number of hydrogen-bond acceptors (Lipinski definition) is 5. The third-order valence-corrected chi connectivity index (χ3v) is 6.93. The number of hydrogen-bond donors (Lipinski definition) is 3. The van der Waals surface area contributed by atoms with E-state index in [0.717, 1.165) is 36.4 Å². The Morgan fingerprint density at radius 2 is 1.80 bits per heavy atom. The first-order valence-electron chi connectivity index (χ1n) is 12.6. The topological polar surface area (TPSA) is 131 Å². The van der Waals surface area contributed by atoms with E-state index >= 15 is 0 Å². The Kier molecular flexibility index (Phi) is 7.04. The van der Waals surface area contributed by atoms with Crippen molar-refractivity contribution < 1.29 is 32.7 Å². The lowest BCUT2D eigenvalue weighted by atomic mass is 10.1. The van der Waals surface area contributed by atoms with Gasteiger partial charge >= 0.3 is 12.3 Å². The number of alkyl halides is 3.